The Morgan fingerprint density at radius 3 is 2.91 bits per heavy atom. The van der Waals surface area contributed by atoms with E-state index in [1.54, 1.807) is 30.0 Å². The average Bonchev–Trinajstić information content (AvgIpc) is 3.11. The molecular weight excluding hydrogens is 338 g/mol. The van der Waals surface area contributed by atoms with Gasteiger partial charge in [0, 0.05) is 5.75 Å². The topological polar surface area (TPSA) is 89.0 Å². The molecular formula is C14H15N3O4S2. The van der Waals surface area contributed by atoms with Crippen LogP contribution in [-0.2, 0) is 9.59 Å². The average molecular weight is 353 g/mol. The molecule has 3 rings (SSSR count). The summed E-state index contributed by atoms with van der Waals surface area (Å²) in [5.41, 5.74) is 4.72. The fraction of sp³-hybridized carbons (Fsp3) is 0.357. The number of nitrogens with one attached hydrogen (secondary N) is 2. The monoisotopic (exact) mass is 353 g/mol. The first-order chi connectivity index (χ1) is 11.2. The summed E-state index contributed by atoms with van der Waals surface area (Å²) in [4.78, 5) is 27.9. The number of amides is 2. The van der Waals surface area contributed by atoms with Gasteiger partial charge in [0.1, 0.15) is 11.0 Å². The zero-order valence-electron chi connectivity index (χ0n) is 12.1. The second-order valence-corrected chi connectivity index (χ2v) is 6.99. The molecule has 2 amide bonds. The molecule has 2 aliphatic rings. The number of rotatable bonds is 3. The van der Waals surface area contributed by atoms with Crippen LogP contribution in [0.2, 0.25) is 0 Å². The highest BCUT2D eigenvalue weighted by molar-refractivity contribution is 8.39. The predicted octanol–water partition coefficient (Wildman–Crippen LogP) is 0.810. The van der Waals surface area contributed by atoms with Crippen LogP contribution in [0, 0.1) is 0 Å². The summed E-state index contributed by atoms with van der Waals surface area (Å²) in [6.07, 6.45) is -0.799. The number of fused-ring (bicyclic) bond motifs is 1. The lowest BCUT2D eigenvalue weighted by atomic mass is 10.2. The van der Waals surface area contributed by atoms with Crippen LogP contribution in [0.25, 0.3) is 0 Å². The summed E-state index contributed by atoms with van der Waals surface area (Å²) in [6.45, 7) is 0.896. The Hall–Kier alpha value is -1.87. The summed E-state index contributed by atoms with van der Waals surface area (Å²) >= 11 is 3.00. The Morgan fingerprint density at radius 2 is 2.13 bits per heavy atom. The van der Waals surface area contributed by atoms with E-state index in [2.05, 4.69) is 15.8 Å². The summed E-state index contributed by atoms with van der Waals surface area (Å²) < 4.78 is 11.9. The van der Waals surface area contributed by atoms with Crippen LogP contribution >= 0.6 is 23.5 Å². The Kier molecular flexibility index (Phi) is 5.29. The van der Waals surface area contributed by atoms with E-state index >= 15 is 0 Å². The van der Waals surface area contributed by atoms with Crippen molar-refractivity contribution >= 4 is 39.7 Å². The van der Waals surface area contributed by atoms with Crippen molar-refractivity contribution in [3.63, 3.8) is 0 Å². The first-order valence-electron chi connectivity index (χ1n) is 6.99. The van der Waals surface area contributed by atoms with Crippen molar-refractivity contribution in [2.75, 3.05) is 24.7 Å². The predicted molar refractivity (Wildman–Crippen MR) is 89.9 cm³/mol. The molecule has 0 spiro atoms. The van der Waals surface area contributed by atoms with Gasteiger partial charge in [0.25, 0.3) is 5.91 Å². The highest BCUT2D eigenvalue weighted by atomic mass is 32.2. The zero-order chi connectivity index (χ0) is 16.1. The van der Waals surface area contributed by atoms with Gasteiger partial charge in [-0.15, -0.1) is 0 Å². The molecule has 0 fully saturated rings. The molecule has 0 aromatic heterocycles. The Balaban J connectivity index is 1.42. The van der Waals surface area contributed by atoms with E-state index in [9.17, 15) is 9.59 Å². The van der Waals surface area contributed by atoms with Crippen molar-refractivity contribution in [2.24, 2.45) is 4.99 Å². The molecule has 0 bridgehead atoms. The van der Waals surface area contributed by atoms with Crippen molar-refractivity contribution in [3.8, 4) is 11.5 Å². The molecule has 9 heteroatoms. The van der Waals surface area contributed by atoms with Crippen LogP contribution in [0.1, 0.15) is 0 Å². The first kappa shape index (κ1) is 16.0. The molecule has 2 heterocycles. The molecule has 0 saturated heterocycles. The number of thioether (sulfide) groups is 2. The lowest BCUT2D eigenvalue weighted by Gasteiger charge is -2.25. The largest absolute Gasteiger partial charge is 0.485 e. The third kappa shape index (κ3) is 4.32. The highest BCUT2D eigenvalue weighted by Gasteiger charge is 2.27. The number of hydrogen-bond donors (Lipinski definition) is 2. The Morgan fingerprint density at radius 1 is 1.30 bits per heavy atom. The minimum Gasteiger partial charge on any atom is -0.485 e. The molecule has 23 heavy (non-hydrogen) atoms. The van der Waals surface area contributed by atoms with Gasteiger partial charge in [-0.3, -0.25) is 25.4 Å². The smallest absolute Gasteiger partial charge is 0.283 e. The second kappa shape index (κ2) is 7.60. The molecule has 0 saturated carbocycles. The fourth-order valence-corrected chi connectivity index (χ4v) is 3.74. The Bertz CT molecular complexity index is 638. The van der Waals surface area contributed by atoms with Crippen molar-refractivity contribution in [1.82, 2.24) is 10.9 Å². The van der Waals surface area contributed by atoms with Gasteiger partial charge in [-0.25, -0.2) is 0 Å². The summed E-state index contributed by atoms with van der Waals surface area (Å²) in [5, 5.41) is 0. The quantitative estimate of drug-likeness (QED) is 0.782. The van der Waals surface area contributed by atoms with E-state index in [1.807, 2.05) is 6.07 Å². The van der Waals surface area contributed by atoms with E-state index in [0.29, 0.717) is 11.5 Å². The van der Waals surface area contributed by atoms with Gasteiger partial charge in [-0.2, -0.15) is 0 Å². The number of para-hydroxylation sites is 2. The van der Waals surface area contributed by atoms with Gasteiger partial charge in [-0.1, -0.05) is 35.7 Å². The standard InChI is InChI=1S/C14H15N3O4S2/c18-12(8-23-14-15-5-6-22-14)16-17-13(19)11-7-20-9-3-1-2-4-10(9)21-11/h1-4,11H,5-8H2,(H,16,18)(H,17,19)/t11-/m0/s1. The van der Waals surface area contributed by atoms with Gasteiger partial charge in [0.2, 0.25) is 12.0 Å². The molecule has 0 unspecified atom stereocenters. The lowest BCUT2D eigenvalue weighted by Crippen LogP contribution is -2.51. The number of hydrazine groups is 1. The van der Waals surface area contributed by atoms with E-state index in [1.165, 1.54) is 11.8 Å². The maximum Gasteiger partial charge on any atom is 0.283 e. The maximum absolute atomic E-state index is 12.0. The molecule has 7 nitrogen and oxygen atoms in total. The number of hydrogen-bond acceptors (Lipinski definition) is 7. The van der Waals surface area contributed by atoms with E-state index in [0.717, 1.165) is 16.7 Å². The van der Waals surface area contributed by atoms with Crippen molar-refractivity contribution in [2.45, 2.75) is 6.10 Å². The minimum absolute atomic E-state index is 0.0981. The number of benzene rings is 1. The summed E-state index contributed by atoms with van der Waals surface area (Å²) in [6, 6.07) is 7.12. The third-order valence-electron chi connectivity index (χ3n) is 3.01. The van der Waals surface area contributed by atoms with Crippen LogP contribution in [0.4, 0.5) is 0 Å². The van der Waals surface area contributed by atoms with Crippen molar-refractivity contribution in [3.05, 3.63) is 24.3 Å². The van der Waals surface area contributed by atoms with Gasteiger partial charge in [-0.05, 0) is 12.1 Å². The van der Waals surface area contributed by atoms with Gasteiger partial charge in [0.15, 0.2) is 11.5 Å². The molecule has 0 aliphatic carbocycles. The van der Waals surface area contributed by atoms with Crippen LogP contribution < -0.4 is 20.3 Å². The van der Waals surface area contributed by atoms with Crippen LogP contribution in [0.3, 0.4) is 0 Å². The van der Waals surface area contributed by atoms with Gasteiger partial charge < -0.3 is 9.47 Å². The molecule has 122 valence electrons. The number of aliphatic imine (C=N–C) groups is 1. The summed E-state index contributed by atoms with van der Waals surface area (Å²) in [5.74, 6) is 1.53. The Labute approximate surface area is 141 Å². The summed E-state index contributed by atoms with van der Waals surface area (Å²) in [7, 11) is 0. The van der Waals surface area contributed by atoms with E-state index in [-0.39, 0.29) is 18.3 Å². The zero-order valence-corrected chi connectivity index (χ0v) is 13.7. The fourth-order valence-electron chi connectivity index (χ4n) is 1.93. The third-order valence-corrected chi connectivity index (χ3v) is 5.26. The first-order valence-corrected chi connectivity index (χ1v) is 8.97. The number of carbonyl (C=O) groups excluding carboxylic acids is 2. The highest BCUT2D eigenvalue weighted by Crippen LogP contribution is 2.30. The van der Waals surface area contributed by atoms with Gasteiger partial charge >= 0.3 is 0 Å². The number of carbonyl (C=O) groups is 2. The molecule has 1 aromatic rings. The minimum atomic E-state index is -0.799. The van der Waals surface area contributed by atoms with Gasteiger partial charge in [0.05, 0.1) is 12.3 Å². The van der Waals surface area contributed by atoms with Crippen LogP contribution in [0.5, 0.6) is 11.5 Å². The van der Waals surface area contributed by atoms with Crippen molar-refractivity contribution in [1.29, 1.82) is 0 Å². The van der Waals surface area contributed by atoms with Crippen LogP contribution in [-0.4, -0.2) is 47.0 Å². The maximum atomic E-state index is 12.0. The number of ether oxygens (including phenoxy) is 2. The molecule has 1 aromatic carbocycles. The molecule has 1 atom stereocenters. The molecule has 0 radical (unpaired) electrons. The van der Waals surface area contributed by atoms with E-state index < -0.39 is 12.0 Å². The van der Waals surface area contributed by atoms with Crippen LogP contribution in [0.15, 0.2) is 29.3 Å². The number of nitrogens with zero attached hydrogens (tertiary/aromatic N) is 1. The normalized spacial score (nSPS) is 19.0. The van der Waals surface area contributed by atoms with E-state index in [4.69, 9.17) is 9.47 Å². The van der Waals surface area contributed by atoms with Crippen molar-refractivity contribution < 1.29 is 19.1 Å². The second-order valence-electron chi connectivity index (χ2n) is 4.69. The molecule has 2 aliphatic heterocycles. The molecule has 2 N–H and O–H groups in total. The lowest BCUT2D eigenvalue weighted by molar-refractivity contribution is -0.134. The SMILES string of the molecule is O=C(CSC1=NCCS1)NNC(=O)[C@@H]1COc2ccccc2O1.